The number of anilines is 1. The van der Waals surface area contributed by atoms with E-state index in [4.69, 9.17) is 33.7 Å². The molecular formula is C15H15Cl2FN2O. The smallest absolute Gasteiger partial charge is 0.166 e. The Morgan fingerprint density at radius 1 is 1.38 bits per heavy atom. The summed E-state index contributed by atoms with van der Waals surface area (Å²) in [6, 6.07) is 4.47. The summed E-state index contributed by atoms with van der Waals surface area (Å²) in [6.07, 6.45) is 1.94. The van der Waals surface area contributed by atoms with Crippen molar-refractivity contribution in [3.05, 3.63) is 51.4 Å². The van der Waals surface area contributed by atoms with Gasteiger partial charge < -0.3 is 10.5 Å². The van der Waals surface area contributed by atoms with E-state index < -0.39 is 11.9 Å². The van der Waals surface area contributed by atoms with Crippen molar-refractivity contribution in [3.8, 4) is 5.75 Å². The minimum Gasteiger partial charge on any atom is -0.482 e. The Kier molecular flexibility index (Phi) is 4.91. The zero-order valence-corrected chi connectivity index (χ0v) is 13.2. The lowest BCUT2D eigenvalue weighted by Crippen LogP contribution is -2.08. The Morgan fingerprint density at radius 2 is 2.10 bits per heavy atom. The summed E-state index contributed by atoms with van der Waals surface area (Å²) in [5.41, 5.74) is 7.18. The Bertz CT molecular complexity index is 664. The van der Waals surface area contributed by atoms with Gasteiger partial charge in [0.1, 0.15) is 11.9 Å². The maximum Gasteiger partial charge on any atom is 0.166 e. The van der Waals surface area contributed by atoms with Crippen LogP contribution in [-0.2, 0) is 6.42 Å². The summed E-state index contributed by atoms with van der Waals surface area (Å²) in [5, 5.41) is 0.292. The molecule has 0 unspecified atom stereocenters. The first kappa shape index (κ1) is 15.9. The molecule has 21 heavy (non-hydrogen) atoms. The fraction of sp³-hybridized carbons (Fsp3) is 0.267. The molecule has 2 aromatic rings. The standard InChI is InChI=1S/C15H15Cl2FN2O/c1-3-9-6-12(15(19)20-7-9)21-8(2)13-10(16)4-5-11(18)14(13)17/h4-8H,3H2,1-2H3,(H2,19,20)/t8-/m1/s1. The van der Waals surface area contributed by atoms with Crippen LogP contribution in [0.1, 0.15) is 31.1 Å². The molecule has 1 heterocycles. The number of pyridine rings is 1. The van der Waals surface area contributed by atoms with Gasteiger partial charge in [-0.3, -0.25) is 0 Å². The van der Waals surface area contributed by atoms with E-state index in [0.717, 1.165) is 12.0 Å². The molecule has 0 fully saturated rings. The van der Waals surface area contributed by atoms with E-state index in [1.807, 2.05) is 6.92 Å². The molecule has 0 bridgehead atoms. The van der Waals surface area contributed by atoms with Crippen molar-refractivity contribution >= 4 is 29.0 Å². The maximum atomic E-state index is 13.6. The number of rotatable bonds is 4. The third-order valence-corrected chi connectivity index (χ3v) is 3.85. The summed E-state index contributed by atoms with van der Waals surface area (Å²) in [7, 11) is 0. The first-order chi connectivity index (χ1) is 9.93. The van der Waals surface area contributed by atoms with Gasteiger partial charge >= 0.3 is 0 Å². The number of aromatic nitrogens is 1. The predicted octanol–water partition coefficient (Wildman–Crippen LogP) is 4.81. The average molecular weight is 329 g/mol. The van der Waals surface area contributed by atoms with E-state index in [1.54, 1.807) is 19.2 Å². The Labute approximate surface area is 132 Å². The molecule has 1 aromatic carbocycles. The molecule has 0 aliphatic heterocycles. The highest BCUT2D eigenvalue weighted by Gasteiger charge is 2.19. The fourth-order valence-electron chi connectivity index (χ4n) is 1.95. The van der Waals surface area contributed by atoms with Crippen LogP contribution in [0.5, 0.6) is 5.75 Å². The van der Waals surface area contributed by atoms with Crippen LogP contribution < -0.4 is 10.5 Å². The molecule has 2 rings (SSSR count). The molecule has 0 aliphatic carbocycles. The third-order valence-electron chi connectivity index (χ3n) is 3.14. The van der Waals surface area contributed by atoms with Crippen molar-refractivity contribution in [2.24, 2.45) is 0 Å². The SMILES string of the molecule is CCc1cnc(N)c(O[C@H](C)c2c(Cl)ccc(F)c2Cl)c1. The minimum absolute atomic E-state index is 0.0480. The van der Waals surface area contributed by atoms with E-state index in [2.05, 4.69) is 4.98 Å². The van der Waals surface area contributed by atoms with Crippen LogP contribution in [0.2, 0.25) is 10.0 Å². The Morgan fingerprint density at radius 3 is 2.76 bits per heavy atom. The van der Waals surface area contributed by atoms with E-state index >= 15 is 0 Å². The monoisotopic (exact) mass is 328 g/mol. The molecule has 1 aromatic heterocycles. The largest absolute Gasteiger partial charge is 0.482 e. The number of halogens is 3. The van der Waals surface area contributed by atoms with Gasteiger partial charge in [0.2, 0.25) is 0 Å². The number of hydrogen-bond acceptors (Lipinski definition) is 3. The van der Waals surface area contributed by atoms with Gasteiger partial charge in [-0.25, -0.2) is 9.37 Å². The summed E-state index contributed by atoms with van der Waals surface area (Å²) >= 11 is 12.1. The highest BCUT2D eigenvalue weighted by Crippen LogP contribution is 2.35. The second kappa shape index (κ2) is 6.50. The fourth-order valence-corrected chi connectivity index (χ4v) is 2.63. The second-order valence-corrected chi connectivity index (χ2v) is 5.38. The lowest BCUT2D eigenvalue weighted by molar-refractivity contribution is 0.227. The molecule has 6 heteroatoms. The van der Waals surface area contributed by atoms with Gasteiger partial charge in [-0.1, -0.05) is 30.1 Å². The van der Waals surface area contributed by atoms with Crippen molar-refractivity contribution in [1.29, 1.82) is 0 Å². The maximum absolute atomic E-state index is 13.6. The number of ether oxygens (including phenoxy) is 1. The number of nitrogens with two attached hydrogens (primary N) is 1. The van der Waals surface area contributed by atoms with Crippen molar-refractivity contribution in [3.63, 3.8) is 0 Å². The van der Waals surface area contributed by atoms with Crippen LogP contribution in [-0.4, -0.2) is 4.98 Å². The number of aryl methyl sites for hydroxylation is 1. The number of hydrogen-bond donors (Lipinski definition) is 1. The van der Waals surface area contributed by atoms with Crippen LogP contribution in [0, 0.1) is 5.82 Å². The van der Waals surface area contributed by atoms with Crippen LogP contribution in [0.4, 0.5) is 10.2 Å². The molecule has 0 aliphatic rings. The normalized spacial score (nSPS) is 12.2. The first-order valence-corrected chi connectivity index (χ1v) is 7.24. The highest BCUT2D eigenvalue weighted by molar-refractivity contribution is 6.36. The summed E-state index contributed by atoms with van der Waals surface area (Å²) < 4.78 is 19.3. The lowest BCUT2D eigenvalue weighted by atomic mass is 10.1. The second-order valence-electron chi connectivity index (χ2n) is 4.60. The lowest BCUT2D eigenvalue weighted by Gasteiger charge is -2.19. The van der Waals surface area contributed by atoms with E-state index in [9.17, 15) is 4.39 Å². The van der Waals surface area contributed by atoms with Crippen molar-refractivity contribution in [2.75, 3.05) is 5.73 Å². The molecule has 3 nitrogen and oxygen atoms in total. The highest BCUT2D eigenvalue weighted by atomic mass is 35.5. The van der Waals surface area contributed by atoms with Crippen LogP contribution in [0.25, 0.3) is 0 Å². The van der Waals surface area contributed by atoms with E-state index in [0.29, 0.717) is 16.3 Å². The average Bonchev–Trinajstić information content (AvgIpc) is 2.46. The van der Waals surface area contributed by atoms with E-state index in [-0.39, 0.29) is 10.8 Å². The molecule has 2 N–H and O–H groups in total. The Hall–Kier alpha value is -1.52. The van der Waals surface area contributed by atoms with Crippen molar-refractivity contribution in [2.45, 2.75) is 26.4 Å². The quantitative estimate of drug-likeness (QED) is 0.819. The predicted molar refractivity (Wildman–Crippen MR) is 83.5 cm³/mol. The van der Waals surface area contributed by atoms with Crippen LogP contribution in [0.3, 0.4) is 0 Å². The van der Waals surface area contributed by atoms with Gasteiger partial charge in [0.25, 0.3) is 0 Å². The molecule has 0 spiro atoms. The summed E-state index contributed by atoms with van der Waals surface area (Å²) in [6.45, 7) is 3.73. The van der Waals surface area contributed by atoms with Gasteiger partial charge in [-0.15, -0.1) is 0 Å². The van der Waals surface area contributed by atoms with Crippen LogP contribution >= 0.6 is 23.2 Å². The zero-order chi connectivity index (χ0) is 15.6. The molecular weight excluding hydrogens is 314 g/mol. The zero-order valence-electron chi connectivity index (χ0n) is 11.7. The summed E-state index contributed by atoms with van der Waals surface area (Å²) in [5.74, 6) is 0.154. The molecule has 112 valence electrons. The van der Waals surface area contributed by atoms with Gasteiger partial charge in [-0.05, 0) is 37.1 Å². The van der Waals surface area contributed by atoms with Crippen molar-refractivity contribution in [1.82, 2.24) is 4.98 Å². The molecule has 0 saturated carbocycles. The number of nitrogens with zero attached hydrogens (tertiary/aromatic N) is 1. The van der Waals surface area contributed by atoms with Gasteiger partial charge in [0.15, 0.2) is 11.6 Å². The van der Waals surface area contributed by atoms with Gasteiger partial charge in [0.05, 0.1) is 5.02 Å². The molecule has 0 radical (unpaired) electrons. The van der Waals surface area contributed by atoms with Gasteiger partial charge in [-0.2, -0.15) is 0 Å². The van der Waals surface area contributed by atoms with Crippen LogP contribution in [0.15, 0.2) is 24.4 Å². The van der Waals surface area contributed by atoms with Gasteiger partial charge in [0, 0.05) is 16.8 Å². The topological polar surface area (TPSA) is 48.1 Å². The number of nitrogen functional groups attached to an aromatic ring is 1. The number of benzene rings is 1. The molecule has 0 amide bonds. The Balaban J connectivity index is 2.34. The third kappa shape index (κ3) is 3.39. The molecule has 0 saturated heterocycles. The van der Waals surface area contributed by atoms with Crippen molar-refractivity contribution < 1.29 is 9.13 Å². The van der Waals surface area contributed by atoms with E-state index in [1.165, 1.54) is 12.1 Å². The molecule has 1 atom stereocenters. The summed E-state index contributed by atoms with van der Waals surface area (Å²) in [4.78, 5) is 4.07. The minimum atomic E-state index is -0.558. The first-order valence-electron chi connectivity index (χ1n) is 6.48.